The monoisotopic (exact) mass is 441 g/mol. The number of hydrogen-bond acceptors (Lipinski definition) is 5. The number of hydrogen-bond donors (Lipinski definition) is 2. The smallest absolute Gasteiger partial charge is 0.341 e. The zero-order valence-corrected chi connectivity index (χ0v) is 18.0. The minimum atomic E-state index is -3.84. The molecular weight excluding hydrogens is 418 g/mol. The van der Waals surface area contributed by atoms with Crippen LogP contribution in [-0.4, -0.2) is 54.5 Å². The number of benzene rings is 2. The maximum absolute atomic E-state index is 13.3. The first kappa shape index (κ1) is 21.1. The summed E-state index contributed by atoms with van der Waals surface area (Å²) in [6, 6.07) is 12.3. The van der Waals surface area contributed by atoms with Crippen molar-refractivity contribution in [2.45, 2.75) is 24.8 Å². The van der Waals surface area contributed by atoms with Crippen LogP contribution in [0, 0.1) is 6.92 Å². The summed E-state index contributed by atoms with van der Waals surface area (Å²) in [4.78, 5) is 28.6. The van der Waals surface area contributed by atoms with E-state index < -0.39 is 27.0 Å². The van der Waals surface area contributed by atoms with E-state index in [-0.39, 0.29) is 16.3 Å². The Bertz CT molecular complexity index is 1320. The number of aromatic amines is 1. The molecule has 9 heteroatoms. The number of nitrogens with one attached hydrogen (secondary N) is 1. The highest BCUT2D eigenvalue weighted by Gasteiger charge is 2.32. The van der Waals surface area contributed by atoms with E-state index in [0.29, 0.717) is 25.2 Å². The largest absolute Gasteiger partial charge is 0.477 e. The minimum Gasteiger partial charge on any atom is -0.477 e. The van der Waals surface area contributed by atoms with Crippen molar-refractivity contribution in [2.75, 3.05) is 24.5 Å². The van der Waals surface area contributed by atoms with Gasteiger partial charge in [-0.1, -0.05) is 17.7 Å². The molecule has 2 aromatic carbocycles. The average molecular weight is 442 g/mol. The first-order chi connectivity index (χ1) is 14.7. The number of fused-ring (bicyclic) bond motifs is 1. The molecule has 1 aromatic heterocycles. The summed E-state index contributed by atoms with van der Waals surface area (Å²) in [6.07, 6.45) is 1.12. The van der Waals surface area contributed by atoms with E-state index >= 15 is 0 Å². The van der Waals surface area contributed by atoms with E-state index in [9.17, 15) is 23.1 Å². The lowest BCUT2D eigenvalue weighted by atomic mass is 10.1. The third kappa shape index (κ3) is 3.82. The molecule has 1 atom stereocenters. The molecule has 8 nitrogen and oxygen atoms in total. The van der Waals surface area contributed by atoms with Crippen LogP contribution in [0.3, 0.4) is 0 Å². The Balaban J connectivity index is 1.63. The van der Waals surface area contributed by atoms with Gasteiger partial charge in [-0.25, -0.2) is 13.2 Å². The highest BCUT2D eigenvalue weighted by atomic mass is 32.2. The SMILES string of the molecule is Cc1ccc(N2CCN(S(=O)(=O)c3ccc4[nH]cc(C(=O)O)c(=O)c4c3)CC2C)cc1. The molecule has 0 aliphatic carbocycles. The lowest BCUT2D eigenvalue weighted by molar-refractivity contribution is 0.0695. The number of aromatic nitrogens is 1. The van der Waals surface area contributed by atoms with E-state index in [0.717, 1.165) is 17.4 Å². The molecule has 4 rings (SSSR count). The fraction of sp³-hybridized carbons (Fsp3) is 0.273. The van der Waals surface area contributed by atoms with Gasteiger partial charge in [0.15, 0.2) is 0 Å². The highest BCUT2D eigenvalue weighted by molar-refractivity contribution is 7.89. The third-order valence-electron chi connectivity index (χ3n) is 5.68. The normalized spacial score (nSPS) is 17.7. The predicted octanol–water partition coefficient (Wildman–Crippen LogP) is 2.43. The van der Waals surface area contributed by atoms with Crippen LogP contribution in [0.25, 0.3) is 10.9 Å². The number of sulfonamides is 1. The van der Waals surface area contributed by atoms with E-state index in [1.807, 2.05) is 38.1 Å². The molecule has 1 aliphatic heterocycles. The molecule has 0 spiro atoms. The molecule has 162 valence electrons. The van der Waals surface area contributed by atoms with Crippen molar-refractivity contribution in [3.8, 4) is 0 Å². The Hall–Kier alpha value is -3.17. The predicted molar refractivity (Wildman–Crippen MR) is 118 cm³/mol. The van der Waals surface area contributed by atoms with Crippen LogP contribution in [0.2, 0.25) is 0 Å². The molecule has 3 aromatic rings. The quantitative estimate of drug-likeness (QED) is 0.643. The van der Waals surface area contributed by atoms with E-state index in [4.69, 9.17) is 0 Å². The maximum Gasteiger partial charge on any atom is 0.341 e. The first-order valence-corrected chi connectivity index (χ1v) is 11.3. The highest BCUT2D eigenvalue weighted by Crippen LogP contribution is 2.26. The molecule has 0 bridgehead atoms. The van der Waals surface area contributed by atoms with Crippen LogP contribution in [0.1, 0.15) is 22.8 Å². The molecule has 2 N–H and O–H groups in total. The van der Waals surface area contributed by atoms with Gasteiger partial charge >= 0.3 is 5.97 Å². The van der Waals surface area contributed by atoms with Gasteiger partial charge in [-0.2, -0.15) is 4.31 Å². The Morgan fingerprint density at radius 3 is 2.48 bits per heavy atom. The van der Waals surface area contributed by atoms with E-state index in [1.54, 1.807) is 0 Å². The second-order valence-corrected chi connectivity index (χ2v) is 9.72. The Morgan fingerprint density at radius 1 is 1.13 bits per heavy atom. The van der Waals surface area contributed by atoms with Crippen LogP contribution >= 0.6 is 0 Å². The number of anilines is 1. The summed E-state index contributed by atoms with van der Waals surface area (Å²) >= 11 is 0. The Morgan fingerprint density at radius 2 is 1.84 bits per heavy atom. The van der Waals surface area contributed by atoms with Crippen molar-refractivity contribution in [3.63, 3.8) is 0 Å². The topological polar surface area (TPSA) is 111 Å². The van der Waals surface area contributed by atoms with Gasteiger partial charge in [0, 0.05) is 48.5 Å². The van der Waals surface area contributed by atoms with Gasteiger partial charge in [-0.3, -0.25) is 4.79 Å². The van der Waals surface area contributed by atoms with Crippen LogP contribution in [0.5, 0.6) is 0 Å². The van der Waals surface area contributed by atoms with Crippen LogP contribution in [0.15, 0.2) is 58.4 Å². The number of carbonyl (C=O) groups is 1. The summed E-state index contributed by atoms with van der Waals surface area (Å²) in [7, 11) is -3.84. The molecule has 2 heterocycles. The number of H-pyrrole nitrogens is 1. The second-order valence-electron chi connectivity index (χ2n) is 7.79. The number of aromatic carboxylic acids is 1. The fourth-order valence-electron chi connectivity index (χ4n) is 3.93. The maximum atomic E-state index is 13.3. The van der Waals surface area contributed by atoms with Crippen molar-refractivity contribution in [3.05, 3.63) is 70.0 Å². The zero-order chi connectivity index (χ0) is 22.3. The number of aryl methyl sites for hydroxylation is 1. The van der Waals surface area contributed by atoms with Gasteiger partial charge in [-0.05, 0) is 44.2 Å². The summed E-state index contributed by atoms with van der Waals surface area (Å²) in [5.74, 6) is -1.36. The molecule has 31 heavy (non-hydrogen) atoms. The van der Waals surface area contributed by atoms with Gasteiger partial charge in [0.2, 0.25) is 15.5 Å². The van der Waals surface area contributed by atoms with Crippen LogP contribution in [-0.2, 0) is 10.0 Å². The second kappa shape index (κ2) is 7.82. The molecule has 1 saturated heterocycles. The van der Waals surface area contributed by atoms with Crippen molar-refractivity contribution in [1.82, 2.24) is 9.29 Å². The lowest BCUT2D eigenvalue weighted by Crippen LogP contribution is -2.53. The van der Waals surface area contributed by atoms with Crippen molar-refractivity contribution in [1.29, 1.82) is 0 Å². The molecule has 1 aliphatic rings. The Kier molecular flexibility index (Phi) is 5.32. The summed E-state index contributed by atoms with van der Waals surface area (Å²) in [5.41, 5.74) is 1.45. The molecule has 0 saturated carbocycles. The van der Waals surface area contributed by atoms with Crippen molar-refractivity contribution >= 4 is 32.6 Å². The van der Waals surface area contributed by atoms with Crippen LogP contribution in [0.4, 0.5) is 5.69 Å². The summed E-state index contributed by atoms with van der Waals surface area (Å²) < 4.78 is 28.0. The first-order valence-electron chi connectivity index (χ1n) is 9.90. The molecule has 1 fully saturated rings. The minimum absolute atomic E-state index is 0.0241. The standard InChI is InChI=1S/C22H23N3O5S/c1-14-3-5-16(6-4-14)25-10-9-24(13-15(25)2)31(29,30)17-7-8-20-18(11-17)21(26)19(12-23-20)22(27)28/h3-8,11-12,15H,9-10,13H2,1-2H3,(H,23,26)(H,27,28). The third-order valence-corrected chi connectivity index (χ3v) is 7.54. The van der Waals surface area contributed by atoms with Gasteiger partial charge in [0.1, 0.15) is 5.56 Å². The van der Waals surface area contributed by atoms with Crippen LogP contribution < -0.4 is 10.3 Å². The van der Waals surface area contributed by atoms with Crippen molar-refractivity contribution in [2.24, 2.45) is 0 Å². The Labute approximate surface area is 179 Å². The van der Waals surface area contributed by atoms with Gasteiger partial charge < -0.3 is 15.0 Å². The number of rotatable bonds is 4. The molecule has 0 amide bonds. The number of nitrogens with zero attached hydrogens (tertiary/aromatic N) is 2. The molecular formula is C22H23N3O5S. The van der Waals surface area contributed by atoms with Gasteiger partial charge in [0.05, 0.1) is 4.90 Å². The van der Waals surface area contributed by atoms with E-state index in [2.05, 4.69) is 9.88 Å². The van der Waals surface area contributed by atoms with E-state index in [1.165, 1.54) is 22.5 Å². The van der Waals surface area contributed by atoms with Crippen molar-refractivity contribution < 1.29 is 18.3 Å². The number of piperazine rings is 1. The molecule has 0 radical (unpaired) electrons. The summed E-state index contributed by atoms with van der Waals surface area (Å²) in [6.45, 7) is 5.15. The number of pyridine rings is 1. The number of carboxylic acid groups (broad SMARTS) is 1. The van der Waals surface area contributed by atoms with Gasteiger partial charge in [-0.15, -0.1) is 0 Å². The lowest BCUT2D eigenvalue weighted by Gasteiger charge is -2.40. The average Bonchev–Trinajstić information content (AvgIpc) is 2.74. The zero-order valence-electron chi connectivity index (χ0n) is 17.2. The number of carboxylic acids is 1. The fourth-order valence-corrected chi connectivity index (χ4v) is 5.47. The summed E-state index contributed by atoms with van der Waals surface area (Å²) in [5, 5.41) is 9.20. The van der Waals surface area contributed by atoms with Gasteiger partial charge in [0.25, 0.3) is 0 Å². The molecule has 1 unspecified atom stereocenters.